The molecule has 1 N–H and O–H groups in total. The molecule has 1 saturated carbocycles. The number of carbonyl (C=O) groups is 3. The van der Waals surface area contributed by atoms with Crippen LogP contribution in [0.4, 0.5) is 4.39 Å². The Bertz CT molecular complexity index is 656. The molecule has 0 spiro atoms. The smallest absolute Gasteiger partial charge is 0.240 e. The summed E-state index contributed by atoms with van der Waals surface area (Å²) >= 11 is 1.59. The molecule has 1 heterocycles. The van der Waals surface area contributed by atoms with E-state index in [-0.39, 0.29) is 41.9 Å². The van der Waals surface area contributed by atoms with Crippen LogP contribution in [0.3, 0.4) is 0 Å². The van der Waals surface area contributed by atoms with Crippen molar-refractivity contribution in [3.8, 4) is 0 Å². The molecule has 2 aliphatic rings. The Labute approximate surface area is 156 Å². The second-order valence-corrected chi connectivity index (χ2v) is 7.93. The maximum Gasteiger partial charge on any atom is 0.240 e. The average Bonchev–Trinajstić information content (AvgIpc) is 2.88. The Hall–Kier alpha value is -1.89. The minimum absolute atomic E-state index is 0.171. The molecule has 0 aromatic heterocycles. The minimum Gasteiger partial charge on any atom is -0.355 e. The lowest BCUT2D eigenvalue weighted by atomic mass is 9.81. The first-order valence-corrected chi connectivity index (χ1v) is 10.0. The number of nitrogens with one attached hydrogen (secondary N) is 1. The third-order valence-electron chi connectivity index (χ3n) is 4.96. The van der Waals surface area contributed by atoms with Crippen molar-refractivity contribution in [3.63, 3.8) is 0 Å². The molecule has 7 heteroatoms. The molecule has 2 fully saturated rings. The molecule has 1 aliphatic carbocycles. The zero-order valence-corrected chi connectivity index (χ0v) is 15.4. The summed E-state index contributed by atoms with van der Waals surface area (Å²) in [5, 5.41) is 2.77. The van der Waals surface area contributed by atoms with Crippen LogP contribution >= 0.6 is 11.8 Å². The summed E-state index contributed by atoms with van der Waals surface area (Å²) in [4.78, 5) is 38.9. The van der Waals surface area contributed by atoms with Gasteiger partial charge in [0.05, 0.1) is 11.8 Å². The van der Waals surface area contributed by atoms with E-state index in [0.717, 1.165) is 47.7 Å². The SMILES string of the molecule is O=C(CN1C(=O)C2CCCCC2C1=O)NCCCSc1ccc(F)cc1. The molecule has 3 rings (SSSR count). The van der Waals surface area contributed by atoms with Crippen LogP contribution in [-0.2, 0) is 14.4 Å². The molecule has 5 nitrogen and oxygen atoms in total. The van der Waals surface area contributed by atoms with Crippen molar-refractivity contribution in [1.29, 1.82) is 0 Å². The number of benzene rings is 1. The van der Waals surface area contributed by atoms with E-state index in [1.807, 2.05) is 0 Å². The minimum atomic E-state index is -0.294. The van der Waals surface area contributed by atoms with E-state index in [2.05, 4.69) is 5.32 Å². The number of hydrogen-bond donors (Lipinski definition) is 1. The molecule has 26 heavy (non-hydrogen) atoms. The van der Waals surface area contributed by atoms with Crippen LogP contribution in [0.15, 0.2) is 29.2 Å². The lowest BCUT2D eigenvalue weighted by molar-refractivity contribution is -0.143. The van der Waals surface area contributed by atoms with E-state index in [4.69, 9.17) is 0 Å². The lowest BCUT2D eigenvalue weighted by Crippen LogP contribution is -2.41. The monoisotopic (exact) mass is 378 g/mol. The second-order valence-electron chi connectivity index (χ2n) is 6.77. The van der Waals surface area contributed by atoms with Crippen molar-refractivity contribution >= 4 is 29.5 Å². The number of likely N-dealkylation sites (tertiary alicyclic amines) is 1. The predicted octanol–water partition coefficient (Wildman–Crippen LogP) is 2.60. The lowest BCUT2D eigenvalue weighted by Gasteiger charge is -2.19. The van der Waals surface area contributed by atoms with Gasteiger partial charge in [-0.2, -0.15) is 0 Å². The van der Waals surface area contributed by atoms with Crippen molar-refractivity contribution in [2.75, 3.05) is 18.8 Å². The maximum absolute atomic E-state index is 12.8. The van der Waals surface area contributed by atoms with Crippen LogP contribution < -0.4 is 5.32 Å². The largest absolute Gasteiger partial charge is 0.355 e. The van der Waals surface area contributed by atoms with Gasteiger partial charge in [0.25, 0.3) is 0 Å². The molecule has 1 aliphatic heterocycles. The Morgan fingerprint density at radius 2 is 1.73 bits per heavy atom. The summed E-state index contributed by atoms with van der Waals surface area (Å²) < 4.78 is 12.8. The van der Waals surface area contributed by atoms with E-state index < -0.39 is 0 Å². The average molecular weight is 378 g/mol. The van der Waals surface area contributed by atoms with Crippen LogP contribution in [-0.4, -0.2) is 41.5 Å². The highest BCUT2D eigenvalue weighted by Gasteiger charge is 2.48. The summed E-state index contributed by atoms with van der Waals surface area (Å²) in [6, 6.07) is 6.29. The van der Waals surface area contributed by atoms with Crippen molar-refractivity contribution in [2.45, 2.75) is 37.0 Å². The van der Waals surface area contributed by atoms with Gasteiger partial charge in [-0.3, -0.25) is 19.3 Å². The zero-order chi connectivity index (χ0) is 18.5. The Morgan fingerprint density at radius 1 is 1.12 bits per heavy atom. The van der Waals surface area contributed by atoms with Crippen molar-refractivity contribution in [3.05, 3.63) is 30.1 Å². The summed E-state index contributed by atoms with van der Waals surface area (Å²) in [6.45, 7) is 0.311. The van der Waals surface area contributed by atoms with E-state index >= 15 is 0 Å². The van der Waals surface area contributed by atoms with Crippen molar-refractivity contribution < 1.29 is 18.8 Å². The molecule has 2 atom stereocenters. The molecule has 2 unspecified atom stereocenters. The van der Waals surface area contributed by atoms with E-state index in [9.17, 15) is 18.8 Å². The topological polar surface area (TPSA) is 66.5 Å². The molecule has 1 aromatic carbocycles. The molecule has 3 amide bonds. The number of rotatable bonds is 7. The van der Waals surface area contributed by atoms with Gasteiger partial charge >= 0.3 is 0 Å². The fourth-order valence-electron chi connectivity index (χ4n) is 3.61. The molecule has 1 saturated heterocycles. The van der Waals surface area contributed by atoms with E-state index in [0.29, 0.717) is 6.54 Å². The van der Waals surface area contributed by atoms with Gasteiger partial charge in [-0.25, -0.2) is 4.39 Å². The maximum atomic E-state index is 12.8. The molecule has 0 radical (unpaired) electrons. The molecular formula is C19H23FN2O3S. The van der Waals surface area contributed by atoms with Crippen LogP contribution in [0.1, 0.15) is 32.1 Å². The van der Waals surface area contributed by atoms with Crippen LogP contribution in [0.2, 0.25) is 0 Å². The summed E-state index contributed by atoms with van der Waals surface area (Å²) in [7, 11) is 0. The highest BCUT2D eigenvalue weighted by Crippen LogP contribution is 2.37. The second kappa shape index (κ2) is 8.66. The summed E-state index contributed by atoms with van der Waals surface area (Å²) in [5.74, 6) is -0.544. The number of amides is 3. The number of carbonyl (C=O) groups excluding carboxylic acids is 3. The Balaban J connectivity index is 1.37. The number of thioether (sulfide) groups is 1. The van der Waals surface area contributed by atoms with Gasteiger partial charge in [0.2, 0.25) is 17.7 Å². The van der Waals surface area contributed by atoms with Crippen LogP contribution in [0.5, 0.6) is 0 Å². The summed E-state index contributed by atoms with van der Waals surface area (Å²) in [5.41, 5.74) is 0. The van der Waals surface area contributed by atoms with Gasteiger partial charge in [0.15, 0.2) is 0 Å². The van der Waals surface area contributed by atoms with Gasteiger partial charge in [-0.05, 0) is 49.3 Å². The van der Waals surface area contributed by atoms with Crippen molar-refractivity contribution in [2.24, 2.45) is 11.8 Å². The number of nitrogens with zero attached hydrogens (tertiary/aromatic N) is 1. The first-order valence-electron chi connectivity index (χ1n) is 9.06. The standard InChI is InChI=1S/C19H23FN2O3S/c20-13-6-8-14(9-7-13)26-11-3-10-21-17(23)12-22-18(24)15-4-1-2-5-16(15)19(22)25/h6-9,15-16H,1-5,10-12H2,(H,21,23). The quantitative estimate of drug-likeness (QED) is 0.450. The number of fused-ring (bicyclic) bond motifs is 1. The van der Waals surface area contributed by atoms with Crippen LogP contribution in [0.25, 0.3) is 0 Å². The highest BCUT2D eigenvalue weighted by molar-refractivity contribution is 7.99. The fourth-order valence-corrected chi connectivity index (χ4v) is 4.46. The zero-order valence-electron chi connectivity index (χ0n) is 14.6. The van der Waals surface area contributed by atoms with Gasteiger partial charge in [0.1, 0.15) is 12.4 Å². The van der Waals surface area contributed by atoms with Crippen molar-refractivity contribution in [1.82, 2.24) is 10.2 Å². The van der Waals surface area contributed by atoms with Crippen LogP contribution in [0, 0.1) is 17.7 Å². The third kappa shape index (κ3) is 4.44. The fraction of sp³-hybridized carbons (Fsp3) is 0.526. The number of imide groups is 1. The van der Waals surface area contributed by atoms with Gasteiger partial charge < -0.3 is 5.32 Å². The third-order valence-corrected chi connectivity index (χ3v) is 6.06. The predicted molar refractivity (Wildman–Crippen MR) is 96.9 cm³/mol. The Kier molecular flexibility index (Phi) is 6.29. The normalized spacial score (nSPS) is 22.4. The summed E-state index contributed by atoms with van der Waals surface area (Å²) in [6.07, 6.45) is 4.22. The van der Waals surface area contributed by atoms with Gasteiger partial charge in [-0.1, -0.05) is 12.8 Å². The molecule has 0 bridgehead atoms. The first kappa shape index (κ1) is 18.9. The number of hydrogen-bond acceptors (Lipinski definition) is 4. The molecule has 140 valence electrons. The first-order chi connectivity index (χ1) is 12.6. The molecular weight excluding hydrogens is 355 g/mol. The molecule has 1 aromatic rings. The van der Waals surface area contributed by atoms with E-state index in [1.165, 1.54) is 12.1 Å². The van der Waals surface area contributed by atoms with E-state index in [1.54, 1.807) is 23.9 Å². The highest BCUT2D eigenvalue weighted by atomic mass is 32.2. The van der Waals surface area contributed by atoms with Gasteiger partial charge in [0, 0.05) is 11.4 Å². The van der Waals surface area contributed by atoms with Gasteiger partial charge in [-0.15, -0.1) is 11.8 Å². The Morgan fingerprint density at radius 3 is 2.35 bits per heavy atom. The number of halogens is 1.